The second-order valence-electron chi connectivity index (χ2n) is 4.85. The molecule has 2 rings (SSSR count). The summed E-state index contributed by atoms with van der Waals surface area (Å²) in [6.45, 7) is 3.78. The Bertz CT molecular complexity index is 318. The molecule has 1 aromatic carbocycles. The standard InChI is InChI=1S/C15H23NO.BrH/c1-17-15-8-6-14(7-9-15)10-13-16-11-4-2-3-5-12-16;/h6-9H,2-5,10-13H2,1H3;1H. The third-order valence-corrected chi connectivity index (χ3v) is 3.57. The number of halogens is 1. The van der Waals surface area contributed by atoms with Crippen molar-refractivity contribution in [3.63, 3.8) is 0 Å². The maximum absolute atomic E-state index is 5.17. The van der Waals surface area contributed by atoms with Crippen LogP contribution in [-0.4, -0.2) is 31.6 Å². The van der Waals surface area contributed by atoms with Crippen LogP contribution in [0.25, 0.3) is 0 Å². The van der Waals surface area contributed by atoms with Crippen LogP contribution in [0.3, 0.4) is 0 Å². The number of benzene rings is 1. The van der Waals surface area contributed by atoms with E-state index in [-0.39, 0.29) is 17.0 Å². The molecule has 1 aliphatic rings. The van der Waals surface area contributed by atoms with E-state index in [0.29, 0.717) is 0 Å². The Kier molecular flexibility index (Phi) is 7.36. The van der Waals surface area contributed by atoms with Crippen LogP contribution in [0.1, 0.15) is 31.2 Å². The minimum atomic E-state index is 0. The molecule has 1 aromatic rings. The predicted octanol–water partition coefficient (Wildman–Crippen LogP) is 3.69. The van der Waals surface area contributed by atoms with Crippen LogP contribution in [0, 0.1) is 0 Å². The zero-order chi connectivity index (χ0) is 11.9. The largest absolute Gasteiger partial charge is 0.497 e. The zero-order valence-corrected chi connectivity index (χ0v) is 12.9. The molecule has 1 aliphatic heterocycles. The first-order chi connectivity index (χ1) is 8.38. The third kappa shape index (κ3) is 4.99. The molecule has 0 aliphatic carbocycles. The van der Waals surface area contributed by atoms with Gasteiger partial charge in [-0.25, -0.2) is 0 Å². The Balaban J connectivity index is 0.00000162. The molecule has 0 spiro atoms. The topological polar surface area (TPSA) is 12.5 Å². The molecule has 102 valence electrons. The van der Waals surface area contributed by atoms with Crippen molar-refractivity contribution in [3.8, 4) is 5.75 Å². The van der Waals surface area contributed by atoms with E-state index in [9.17, 15) is 0 Å². The van der Waals surface area contributed by atoms with Crippen LogP contribution in [0.15, 0.2) is 24.3 Å². The van der Waals surface area contributed by atoms with Crippen LogP contribution < -0.4 is 4.74 Å². The highest BCUT2D eigenvalue weighted by Crippen LogP contribution is 2.13. The van der Waals surface area contributed by atoms with Crippen molar-refractivity contribution in [1.82, 2.24) is 4.90 Å². The Morgan fingerprint density at radius 1 is 1.00 bits per heavy atom. The predicted molar refractivity (Wildman–Crippen MR) is 81.9 cm³/mol. The lowest BCUT2D eigenvalue weighted by Gasteiger charge is -2.19. The number of hydrogen-bond donors (Lipinski definition) is 0. The summed E-state index contributed by atoms with van der Waals surface area (Å²) in [5.74, 6) is 0.948. The minimum absolute atomic E-state index is 0. The quantitative estimate of drug-likeness (QED) is 0.840. The van der Waals surface area contributed by atoms with Crippen LogP contribution in [0.2, 0.25) is 0 Å². The summed E-state index contributed by atoms with van der Waals surface area (Å²) in [5.41, 5.74) is 1.41. The van der Waals surface area contributed by atoms with Gasteiger partial charge in [-0.3, -0.25) is 0 Å². The molecule has 0 bridgehead atoms. The Labute approximate surface area is 121 Å². The van der Waals surface area contributed by atoms with Gasteiger partial charge in [-0.05, 0) is 50.0 Å². The van der Waals surface area contributed by atoms with Crippen LogP contribution in [0.4, 0.5) is 0 Å². The average molecular weight is 314 g/mol. The number of methoxy groups -OCH3 is 1. The van der Waals surface area contributed by atoms with Gasteiger partial charge in [0.2, 0.25) is 0 Å². The maximum atomic E-state index is 5.17. The molecular formula is C15H24BrNO. The number of hydrogen-bond acceptors (Lipinski definition) is 2. The van der Waals surface area contributed by atoms with E-state index in [1.54, 1.807) is 7.11 Å². The van der Waals surface area contributed by atoms with Gasteiger partial charge >= 0.3 is 0 Å². The molecule has 0 aromatic heterocycles. The van der Waals surface area contributed by atoms with E-state index in [0.717, 1.165) is 12.2 Å². The van der Waals surface area contributed by atoms with Crippen molar-refractivity contribution in [3.05, 3.63) is 29.8 Å². The fourth-order valence-electron chi connectivity index (χ4n) is 2.44. The first-order valence-corrected chi connectivity index (χ1v) is 6.74. The molecule has 0 saturated carbocycles. The van der Waals surface area contributed by atoms with Crippen molar-refractivity contribution in [2.75, 3.05) is 26.7 Å². The summed E-state index contributed by atoms with van der Waals surface area (Å²) in [6, 6.07) is 8.46. The van der Waals surface area contributed by atoms with Gasteiger partial charge in [-0.15, -0.1) is 17.0 Å². The van der Waals surface area contributed by atoms with Crippen molar-refractivity contribution < 1.29 is 4.74 Å². The van der Waals surface area contributed by atoms with E-state index in [1.165, 1.54) is 50.9 Å². The molecule has 0 unspecified atom stereocenters. The molecule has 0 atom stereocenters. The van der Waals surface area contributed by atoms with Crippen molar-refractivity contribution in [2.24, 2.45) is 0 Å². The summed E-state index contributed by atoms with van der Waals surface area (Å²) >= 11 is 0. The van der Waals surface area contributed by atoms with Crippen LogP contribution >= 0.6 is 17.0 Å². The minimum Gasteiger partial charge on any atom is -0.497 e. The third-order valence-electron chi connectivity index (χ3n) is 3.57. The smallest absolute Gasteiger partial charge is 0.118 e. The first-order valence-electron chi connectivity index (χ1n) is 6.74. The van der Waals surface area contributed by atoms with E-state index in [2.05, 4.69) is 29.2 Å². The van der Waals surface area contributed by atoms with E-state index in [4.69, 9.17) is 4.74 Å². The molecule has 2 nitrogen and oxygen atoms in total. The summed E-state index contributed by atoms with van der Waals surface area (Å²) in [5, 5.41) is 0. The van der Waals surface area contributed by atoms with Gasteiger partial charge in [0.1, 0.15) is 5.75 Å². The fourth-order valence-corrected chi connectivity index (χ4v) is 2.44. The monoisotopic (exact) mass is 313 g/mol. The second-order valence-corrected chi connectivity index (χ2v) is 4.85. The number of rotatable bonds is 4. The van der Waals surface area contributed by atoms with Gasteiger partial charge in [0.05, 0.1) is 7.11 Å². The van der Waals surface area contributed by atoms with Gasteiger partial charge in [-0.1, -0.05) is 25.0 Å². The van der Waals surface area contributed by atoms with Gasteiger partial charge in [-0.2, -0.15) is 0 Å². The Morgan fingerprint density at radius 2 is 1.61 bits per heavy atom. The van der Waals surface area contributed by atoms with E-state index >= 15 is 0 Å². The lowest BCUT2D eigenvalue weighted by Crippen LogP contribution is -2.26. The SMILES string of the molecule is Br.COc1ccc(CCN2CCCCCC2)cc1. The maximum Gasteiger partial charge on any atom is 0.118 e. The molecule has 0 radical (unpaired) electrons. The van der Waals surface area contributed by atoms with Crippen LogP contribution in [-0.2, 0) is 6.42 Å². The summed E-state index contributed by atoms with van der Waals surface area (Å²) in [7, 11) is 1.71. The van der Waals surface area contributed by atoms with E-state index in [1.807, 2.05) is 0 Å². The molecule has 3 heteroatoms. The lowest BCUT2D eigenvalue weighted by atomic mass is 10.1. The van der Waals surface area contributed by atoms with Crippen molar-refractivity contribution >= 4 is 17.0 Å². The lowest BCUT2D eigenvalue weighted by molar-refractivity contribution is 0.289. The summed E-state index contributed by atoms with van der Waals surface area (Å²) in [6.07, 6.45) is 6.74. The molecule has 1 saturated heterocycles. The average Bonchev–Trinajstić information content (AvgIpc) is 2.65. The fraction of sp³-hybridized carbons (Fsp3) is 0.600. The molecular weight excluding hydrogens is 290 g/mol. The Morgan fingerprint density at radius 3 is 2.17 bits per heavy atom. The van der Waals surface area contributed by atoms with Crippen molar-refractivity contribution in [2.45, 2.75) is 32.1 Å². The highest BCUT2D eigenvalue weighted by Gasteiger charge is 2.08. The van der Waals surface area contributed by atoms with Crippen LogP contribution in [0.5, 0.6) is 5.75 Å². The number of likely N-dealkylation sites (tertiary alicyclic amines) is 1. The molecule has 1 heterocycles. The van der Waals surface area contributed by atoms with Gasteiger partial charge in [0.25, 0.3) is 0 Å². The summed E-state index contributed by atoms with van der Waals surface area (Å²) in [4.78, 5) is 2.61. The normalized spacial score (nSPS) is 16.7. The van der Waals surface area contributed by atoms with Crippen molar-refractivity contribution in [1.29, 1.82) is 0 Å². The molecule has 0 amide bonds. The van der Waals surface area contributed by atoms with Gasteiger partial charge in [0, 0.05) is 6.54 Å². The first kappa shape index (κ1) is 15.5. The summed E-state index contributed by atoms with van der Waals surface area (Å²) < 4.78 is 5.17. The van der Waals surface area contributed by atoms with Gasteiger partial charge < -0.3 is 9.64 Å². The number of nitrogens with zero attached hydrogens (tertiary/aromatic N) is 1. The zero-order valence-electron chi connectivity index (χ0n) is 11.2. The molecule has 1 fully saturated rings. The second kappa shape index (κ2) is 8.54. The molecule has 18 heavy (non-hydrogen) atoms. The Hall–Kier alpha value is -0.540. The van der Waals surface area contributed by atoms with E-state index < -0.39 is 0 Å². The highest BCUT2D eigenvalue weighted by molar-refractivity contribution is 8.93. The highest BCUT2D eigenvalue weighted by atomic mass is 79.9. The molecule has 0 N–H and O–H groups in total. The van der Waals surface area contributed by atoms with Gasteiger partial charge in [0.15, 0.2) is 0 Å². The number of ether oxygens (including phenoxy) is 1.